The number of hydrogen-bond donors (Lipinski definition) is 3. The van der Waals surface area contributed by atoms with E-state index in [1.54, 1.807) is 6.92 Å². The highest BCUT2D eigenvalue weighted by Gasteiger charge is 2.20. The Kier molecular flexibility index (Phi) is 2.55. The van der Waals surface area contributed by atoms with Crippen LogP contribution in [0.1, 0.15) is 24.1 Å². The summed E-state index contributed by atoms with van der Waals surface area (Å²) in [5, 5.41) is 8.74. The molecule has 1 atom stereocenters. The van der Waals surface area contributed by atoms with Crippen LogP contribution in [-0.2, 0) is 4.79 Å². The molecule has 1 rings (SSSR count). The number of aromatic amines is 1. The molecule has 0 aliphatic heterocycles. The van der Waals surface area contributed by atoms with Gasteiger partial charge >= 0.3 is 5.97 Å². The van der Waals surface area contributed by atoms with Gasteiger partial charge in [0.15, 0.2) is 0 Å². The van der Waals surface area contributed by atoms with Crippen LogP contribution in [0.2, 0.25) is 0 Å². The molecule has 0 aliphatic carbocycles. The summed E-state index contributed by atoms with van der Waals surface area (Å²) < 4.78 is 0. The van der Waals surface area contributed by atoms with Crippen LogP contribution in [0.15, 0.2) is 4.79 Å². The molecule has 6 nitrogen and oxygen atoms in total. The third-order valence-electron chi connectivity index (χ3n) is 1.97. The average molecular weight is 197 g/mol. The lowest BCUT2D eigenvalue weighted by molar-refractivity contribution is -0.138. The molecule has 1 heterocycles. The zero-order valence-electron chi connectivity index (χ0n) is 7.87. The van der Waals surface area contributed by atoms with E-state index in [9.17, 15) is 9.59 Å². The molecule has 0 bridgehead atoms. The minimum Gasteiger partial charge on any atom is -0.481 e. The summed E-state index contributed by atoms with van der Waals surface area (Å²) in [4.78, 5) is 28.1. The van der Waals surface area contributed by atoms with Gasteiger partial charge < -0.3 is 10.8 Å². The van der Waals surface area contributed by atoms with Gasteiger partial charge in [-0.3, -0.25) is 14.6 Å². The number of nitrogens with zero attached hydrogens (tertiary/aromatic N) is 1. The number of carbonyl (C=O) groups is 1. The van der Waals surface area contributed by atoms with E-state index in [4.69, 9.17) is 10.8 Å². The van der Waals surface area contributed by atoms with Crippen molar-refractivity contribution in [1.82, 2.24) is 9.97 Å². The second-order valence-electron chi connectivity index (χ2n) is 3.01. The fourth-order valence-corrected chi connectivity index (χ4v) is 1.25. The van der Waals surface area contributed by atoms with Crippen molar-refractivity contribution < 1.29 is 9.90 Å². The minimum absolute atomic E-state index is 0.00570. The highest BCUT2D eigenvalue weighted by atomic mass is 16.4. The summed E-state index contributed by atoms with van der Waals surface area (Å²) in [6.45, 7) is 2.98. The summed E-state index contributed by atoms with van der Waals surface area (Å²) in [6, 6.07) is 0. The molecule has 0 radical (unpaired) electrons. The van der Waals surface area contributed by atoms with Gasteiger partial charge in [-0.2, -0.15) is 0 Å². The van der Waals surface area contributed by atoms with Crippen molar-refractivity contribution in [3.8, 4) is 0 Å². The zero-order chi connectivity index (χ0) is 10.9. The van der Waals surface area contributed by atoms with Gasteiger partial charge in [-0.15, -0.1) is 0 Å². The van der Waals surface area contributed by atoms with Crippen LogP contribution in [0.25, 0.3) is 0 Å². The van der Waals surface area contributed by atoms with E-state index in [0.717, 1.165) is 0 Å². The van der Waals surface area contributed by atoms with Gasteiger partial charge in [0.05, 0.1) is 17.2 Å². The van der Waals surface area contributed by atoms with E-state index in [1.165, 1.54) is 6.92 Å². The first-order valence-electron chi connectivity index (χ1n) is 4.02. The van der Waals surface area contributed by atoms with Crippen molar-refractivity contribution in [3.05, 3.63) is 21.6 Å². The highest BCUT2D eigenvalue weighted by Crippen LogP contribution is 2.13. The van der Waals surface area contributed by atoms with Crippen molar-refractivity contribution in [3.63, 3.8) is 0 Å². The lowest BCUT2D eigenvalue weighted by atomic mass is 10.0. The molecule has 0 aromatic carbocycles. The van der Waals surface area contributed by atoms with Crippen LogP contribution in [0.4, 0.5) is 5.95 Å². The van der Waals surface area contributed by atoms with E-state index in [2.05, 4.69) is 9.97 Å². The van der Waals surface area contributed by atoms with Crippen LogP contribution in [-0.4, -0.2) is 21.0 Å². The molecule has 0 spiro atoms. The Hall–Kier alpha value is -1.85. The predicted octanol–water partition coefficient (Wildman–Crippen LogP) is -0.151. The van der Waals surface area contributed by atoms with Gasteiger partial charge in [-0.1, -0.05) is 0 Å². The second kappa shape index (κ2) is 3.49. The lowest BCUT2D eigenvalue weighted by Crippen LogP contribution is -2.23. The summed E-state index contributed by atoms with van der Waals surface area (Å²) in [5.74, 6) is -1.95. The lowest BCUT2D eigenvalue weighted by Gasteiger charge is -2.08. The molecule has 14 heavy (non-hydrogen) atoms. The normalized spacial score (nSPS) is 12.4. The topological polar surface area (TPSA) is 109 Å². The molecule has 0 saturated heterocycles. The van der Waals surface area contributed by atoms with Gasteiger partial charge in [0.1, 0.15) is 0 Å². The van der Waals surface area contributed by atoms with Gasteiger partial charge in [0.25, 0.3) is 5.56 Å². The van der Waals surface area contributed by atoms with Gasteiger partial charge in [-0.25, -0.2) is 4.98 Å². The van der Waals surface area contributed by atoms with Crippen molar-refractivity contribution >= 4 is 11.9 Å². The average Bonchev–Trinajstić information content (AvgIpc) is 2.01. The molecule has 1 aromatic rings. The van der Waals surface area contributed by atoms with Crippen molar-refractivity contribution in [2.45, 2.75) is 19.8 Å². The number of nitrogens with two attached hydrogens (primary N) is 1. The van der Waals surface area contributed by atoms with E-state index < -0.39 is 17.4 Å². The Morgan fingerprint density at radius 1 is 1.64 bits per heavy atom. The van der Waals surface area contributed by atoms with Crippen molar-refractivity contribution in [2.75, 3.05) is 5.73 Å². The SMILES string of the molecule is Cc1nc(N)[nH]c(=O)c1C(C)C(=O)O. The summed E-state index contributed by atoms with van der Waals surface area (Å²) >= 11 is 0. The molecular weight excluding hydrogens is 186 g/mol. The Balaban J connectivity index is 3.35. The summed E-state index contributed by atoms with van der Waals surface area (Å²) in [7, 11) is 0. The monoisotopic (exact) mass is 197 g/mol. The number of aromatic nitrogens is 2. The number of nitrogens with one attached hydrogen (secondary N) is 1. The van der Waals surface area contributed by atoms with Crippen LogP contribution < -0.4 is 11.3 Å². The van der Waals surface area contributed by atoms with Crippen LogP contribution in [0.5, 0.6) is 0 Å². The van der Waals surface area contributed by atoms with Crippen LogP contribution in [0, 0.1) is 6.92 Å². The van der Waals surface area contributed by atoms with Crippen molar-refractivity contribution in [2.24, 2.45) is 0 Å². The zero-order valence-corrected chi connectivity index (χ0v) is 7.87. The Morgan fingerprint density at radius 3 is 2.64 bits per heavy atom. The molecule has 0 aliphatic rings. The fraction of sp³-hybridized carbons (Fsp3) is 0.375. The predicted molar refractivity (Wildman–Crippen MR) is 50.1 cm³/mol. The van der Waals surface area contributed by atoms with Crippen LogP contribution in [0.3, 0.4) is 0 Å². The van der Waals surface area contributed by atoms with E-state index in [-0.39, 0.29) is 11.5 Å². The molecule has 0 fully saturated rings. The maximum Gasteiger partial charge on any atom is 0.310 e. The largest absolute Gasteiger partial charge is 0.481 e. The standard InChI is InChI=1S/C8H11N3O3/c1-3(7(13)14)5-4(2)10-8(9)11-6(5)12/h3H,1-2H3,(H,13,14)(H3,9,10,11,12). The maximum atomic E-state index is 11.4. The number of H-pyrrole nitrogens is 1. The molecule has 4 N–H and O–H groups in total. The van der Waals surface area contributed by atoms with Gasteiger partial charge in [0, 0.05) is 0 Å². The first-order chi connectivity index (χ1) is 6.43. The van der Waals surface area contributed by atoms with Crippen molar-refractivity contribution in [1.29, 1.82) is 0 Å². The minimum atomic E-state index is -1.06. The Morgan fingerprint density at radius 2 is 2.21 bits per heavy atom. The summed E-state index contributed by atoms with van der Waals surface area (Å²) in [5.41, 5.74) is 5.29. The Bertz CT molecular complexity index is 424. The molecule has 6 heteroatoms. The third-order valence-corrected chi connectivity index (χ3v) is 1.97. The summed E-state index contributed by atoms with van der Waals surface area (Å²) in [6.07, 6.45) is 0. The van der Waals surface area contributed by atoms with Crippen LogP contribution >= 0.6 is 0 Å². The molecule has 1 aromatic heterocycles. The number of rotatable bonds is 2. The smallest absolute Gasteiger partial charge is 0.310 e. The highest BCUT2D eigenvalue weighted by molar-refractivity contribution is 5.75. The number of carboxylic acid groups (broad SMARTS) is 1. The van der Waals surface area contributed by atoms with Gasteiger partial charge in [-0.05, 0) is 13.8 Å². The second-order valence-corrected chi connectivity index (χ2v) is 3.01. The first kappa shape index (κ1) is 10.2. The van der Waals surface area contributed by atoms with E-state index >= 15 is 0 Å². The van der Waals surface area contributed by atoms with Gasteiger partial charge in [0.2, 0.25) is 5.95 Å². The van der Waals surface area contributed by atoms with E-state index in [1.807, 2.05) is 0 Å². The quantitative estimate of drug-likeness (QED) is 0.610. The fourth-order valence-electron chi connectivity index (χ4n) is 1.25. The number of carboxylic acids is 1. The molecule has 1 unspecified atom stereocenters. The molecular formula is C8H11N3O3. The number of aliphatic carboxylic acids is 1. The molecule has 76 valence electrons. The number of nitrogen functional groups attached to an aromatic ring is 1. The molecule has 0 saturated carbocycles. The number of anilines is 1. The Labute approximate surface area is 79.8 Å². The number of hydrogen-bond acceptors (Lipinski definition) is 4. The number of aryl methyl sites for hydroxylation is 1. The van der Waals surface area contributed by atoms with E-state index in [0.29, 0.717) is 5.69 Å². The maximum absolute atomic E-state index is 11.4. The molecule has 0 amide bonds. The first-order valence-corrected chi connectivity index (χ1v) is 4.02. The third kappa shape index (κ3) is 1.73.